The summed E-state index contributed by atoms with van der Waals surface area (Å²) in [7, 11) is 3.33. The summed E-state index contributed by atoms with van der Waals surface area (Å²) in [5, 5.41) is 2.31. The fourth-order valence-corrected chi connectivity index (χ4v) is 3.67. The first-order chi connectivity index (χ1) is 13.1. The average Bonchev–Trinajstić information content (AvgIpc) is 2.70. The highest BCUT2D eigenvalue weighted by Gasteiger charge is 2.30. The van der Waals surface area contributed by atoms with Crippen LogP contribution in [0.5, 0.6) is 11.5 Å². The first-order valence-corrected chi connectivity index (χ1v) is 9.52. The van der Waals surface area contributed by atoms with E-state index in [1.807, 2.05) is 18.2 Å². The van der Waals surface area contributed by atoms with E-state index in [2.05, 4.69) is 54.6 Å². The number of morpholine rings is 1. The van der Waals surface area contributed by atoms with Crippen LogP contribution >= 0.6 is 0 Å². The van der Waals surface area contributed by atoms with Crippen LogP contribution in [0.4, 0.5) is 0 Å². The van der Waals surface area contributed by atoms with Crippen molar-refractivity contribution >= 4 is 0 Å². The Morgan fingerprint density at radius 3 is 2.56 bits per heavy atom. The highest BCUT2D eigenvalue weighted by molar-refractivity contribution is 5.43. The van der Waals surface area contributed by atoms with Crippen LogP contribution < -0.4 is 14.9 Å². The van der Waals surface area contributed by atoms with Gasteiger partial charge in [-0.25, -0.2) is 5.01 Å². The minimum Gasteiger partial charge on any atom is -0.493 e. The minimum absolute atomic E-state index is 0.0840. The van der Waals surface area contributed by atoms with E-state index in [9.17, 15) is 0 Å². The van der Waals surface area contributed by atoms with Gasteiger partial charge in [0.15, 0.2) is 11.5 Å². The third-order valence-corrected chi connectivity index (χ3v) is 5.06. The van der Waals surface area contributed by atoms with E-state index in [1.54, 1.807) is 14.2 Å². The van der Waals surface area contributed by atoms with Crippen molar-refractivity contribution in [2.24, 2.45) is 0 Å². The number of hydrogen-bond donors (Lipinski definition) is 1. The summed E-state index contributed by atoms with van der Waals surface area (Å²) in [6, 6.07) is 17.1. The van der Waals surface area contributed by atoms with Gasteiger partial charge < -0.3 is 14.2 Å². The number of nitrogens with zero attached hydrogens (tertiary/aromatic N) is 1. The van der Waals surface area contributed by atoms with Crippen molar-refractivity contribution < 1.29 is 14.2 Å². The number of ether oxygens (including phenoxy) is 3. The Morgan fingerprint density at radius 1 is 1.11 bits per heavy atom. The molecular weight excluding hydrogens is 340 g/mol. The van der Waals surface area contributed by atoms with Gasteiger partial charge in [-0.3, -0.25) is 5.43 Å². The maximum Gasteiger partial charge on any atom is 0.160 e. The number of nitrogens with one attached hydrogen (secondary N) is 1. The Hall–Kier alpha value is -2.08. The first-order valence-electron chi connectivity index (χ1n) is 9.52. The SMILES string of the molecule is COc1ccc(CC(C)NN2CCOC(c3ccccc3)C2C)cc1OC. The standard InChI is InChI=1S/C22H30N2O3/c1-16(14-18-10-11-20(25-3)21(15-18)26-4)23-24-12-13-27-22(17(24)2)19-8-6-5-7-9-19/h5-11,15-17,22-23H,12-14H2,1-4H3. The van der Waals surface area contributed by atoms with Gasteiger partial charge in [-0.15, -0.1) is 0 Å². The van der Waals surface area contributed by atoms with E-state index in [-0.39, 0.29) is 12.1 Å². The second-order valence-corrected chi connectivity index (χ2v) is 7.06. The van der Waals surface area contributed by atoms with Gasteiger partial charge >= 0.3 is 0 Å². The average molecular weight is 370 g/mol. The van der Waals surface area contributed by atoms with Crippen LogP contribution in [0.15, 0.2) is 48.5 Å². The van der Waals surface area contributed by atoms with Gasteiger partial charge in [-0.05, 0) is 43.5 Å². The van der Waals surface area contributed by atoms with Gasteiger partial charge in [0.2, 0.25) is 0 Å². The fraction of sp³-hybridized carbons (Fsp3) is 0.455. The monoisotopic (exact) mass is 370 g/mol. The molecule has 2 aromatic rings. The van der Waals surface area contributed by atoms with Gasteiger partial charge in [-0.1, -0.05) is 36.4 Å². The predicted molar refractivity (Wildman–Crippen MR) is 107 cm³/mol. The third-order valence-electron chi connectivity index (χ3n) is 5.06. The molecule has 5 heteroatoms. The molecule has 146 valence electrons. The number of benzene rings is 2. The second-order valence-electron chi connectivity index (χ2n) is 7.06. The summed E-state index contributed by atoms with van der Waals surface area (Å²) in [5.74, 6) is 1.53. The lowest BCUT2D eigenvalue weighted by molar-refractivity contribution is -0.0913. The van der Waals surface area contributed by atoms with Crippen LogP contribution in [-0.4, -0.2) is 44.5 Å². The zero-order valence-electron chi connectivity index (χ0n) is 16.6. The Morgan fingerprint density at radius 2 is 1.85 bits per heavy atom. The van der Waals surface area contributed by atoms with Crippen LogP contribution in [0.3, 0.4) is 0 Å². The van der Waals surface area contributed by atoms with E-state index in [4.69, 9.17) is 14.2 Å². The summed E-state index contributed by atoms with van der Waals surface area (Å²) in [4.78, 5) is 0. The summed E-state index contributed by atoms with van der Waals surface area (Å²) >= 11 is 0. The Balaban J connectivity index is 1.62. The molecule has 1 heterocycles. The quantitative estimate of drug-likeness (QED) is 0.807. The maximum atomic E-state index is 6.05. The molecule has 0 radical (unpaired) electrons. The summed E-state index contributed by atoms with van der Waals surface area (Å²) in [5.41, 5.74) is 6.11. The molecule has 0 aliphatic carbocycles. The molecule has 1 aliphatic heterocycles. The van der Waals surface area contributed by atoms with Crippen LogP contribution in [0, 0.1) is 0 Å². The lowest BCUT2D eigenvalue weighted by Crippen LogP contribution is -2.55. The first kappa shape index (κ1) is 19.7. The van der Waals surface area contributed by atoms with Crippen molar-refractivity contribution in [3.05, 3.63) is 59.7 Å². The molecule has 0 bridgehead atoms. The molecule has 1 aliphatic rings. The molecular formula is C22H30N2O3. The van der Waals surface area contributed by atoms with E-state index in [1.165, 1.54) is 11.1 Å². The van der Waals surface area contributed by atoms with Crippen LogP contribution in [0.2, 0.25) is 0 Å². The zero-order chi connectivity index (χ0) is 19.2. The molecule has 3 unspecified atom stereocenters. The van der Waals surface area contributed by atoms with Crippen molar-refractivity contribution in [1.82, 2.24) is 10.4 Å². The lowest BCUT2D eigenvalue weighted by Gasteiger charge is -2.41. The number of methoxy groups -OCH3 is 2. The van der Waals surface area contributed by atoms with Crippen molar-refractivity contribution in [2.45, 2.75) is 38.5 Å². The van der Waals surface area contributed by atoms with Gasteiger partial charge in [0.05, 0.1) is 33.0 Å². The lowest BCUT2D eigenvalue weighted by atomic mass is 10.0. The maximum absolute atomic E-state index is 6.05. The van der Waals surface area contributed by atoms with E-state index < -0.39 is 0 Å². The molecule has 1 N–H and O–H groups in total. The molecule has 3 rings (SSSR count). The van der Waals surface area contributed by atoms with E-state index in [0.29, 0.717) is 6.04 Å². The molecule has 5 nitrogen and oxygen atoms in total. The Labute approximate surface area is 162 Å². The molecule has 27 heavy (non-hydrogen) atoms. The zero-order valence-corrected chi connectivity index (χ0v) is 16.6. The fourth-order valence-electron chi connectivity index (χ4n) is 3.67. The van der Waals surface area contributed by atoms with Crippen molar-refractivity contribution in [2.75, 3.05) is 27.4 Å². The van der Waals surface area contributed by atoms with Crippen LogP contribution in [0.25, 0.3) is 0 Å². The van der Waals surface area contributed by atoms with E-state index >= 15 is 0 Å². The summed E-state index contributed by atoms with van der Waals surface area (Å²) in [6.07, 6.45) is 0.987. The van der Waals surface area contributed by atoms with Crippen molar-refractivity contribution in [3.8, 4) is 11.5 Å². The highest BCUT2D eigenvalue weighted by atomic mass is 16.5. The molecule has 3 atom stereocenters. The number of hydrazine groups is 1. The second kappa shape index (κ2) is 9.22. The van der Waals surface area contributed by atoms with Gasteiger partial charge in [0, 0.05) is 12.6 Å². The van der Waals surface area contributed by atoms with Crippen LogP contribution in [-0.2, 0) is 11.2 Å². The molecule has 2 aromatic carbocycles. The molecule has 1 fully saturated rings. The number of rotatable bonds is 7. The highest BCUT2D eigenvalue weighted by Crippen LogP contribution is 2.29. The Bertz CT molecular complexity index is 723. The van der Waals surface area contributed by atoms with Gasteiger partial charge in [0.1, 0.15) is 0 Å². The van der Waals surface area contributed by atoms with Crippen molar-refractivity contribution in [1.29, 1.82) is 0 Å². The van der Waals surface area contributed by atoms with E-state index in [0.717, 1.165) is 31.1 Å². The number of hydrogen-bond acceptors (Lipinski definition) is 5. The molecule has 0 amide bonds. The smallest absolute Gasteiger partial charge is 0.160 e. The molecule has 0 saturated carbocycles. The summed E-state index contributed by atoms with van der Waals surface area (Å²) < 4.78 is 16.8. The van der Waals surface area contributed by atoms with Gasteiger partial charge in [-0.2, -0.15) is 0 Å². The molecule has 0 spiro atoms. The Kier molecular flexibility index (Phi) is 6.72. The third kappa shape index (κ3) is 4.80. The summed E-state index contributed by atoms with van der Waals surface area (Å²) in [6.45, 7) is 6.02. The van der Waals surface area contributed by atoms with Crippen LogP contribution in [0.1, 0.15) is 31.1 Å². The van der Waals surface area contributed by atoms with Gasteiger partial charge in [0.25, 0.3) is 0 Å². The van der Waals surface area contributed by atoms with Crippen molar-refractivity contribution in [3.63, 3.8) is 0 Å². The minimum atomic E-state index is 0.0840. The molecule has 1 saturated heterocycles. The largest absolute Gasteiger partial charge is 0.493 e. The normalized spacial score (nSPS) is 21.6. The molecule has 0 aromatic heterocycles. The topological polar surface area (TPSA) is 43.0 Å². The predicted octanol–water partition coefficient (Wildman–Crippen LogP) is 3.60.